The molecule has 2 aromatic heterocycles. The molecule has 0 saturated heterocycles. The van der Waals surface area contributed by atoms with Crippen LogP contribution in [0.25, 0.3) is 20.4 Å². The van der Waals surface area contributed by atoms with Gasteiger partial charge in [-0.15, -0.1) is 35.8 Å². The molecule has 0 saturated carbocycles. The summed E-state index contributed by atoms with van der Waals surface area (Å²) in [6.07, 6.45) is 7.72. The third-order valence-electron chi connectivity index (χ3n) is 15.5. The van der Waals surface area contributed by atoms with Crippen LogP contribution in [0.4, 0.5) is 0 Å². The summed E-state index contributed by atoms with van der Waals surface area (Å²) in [5.74, 6) is -3.38. The Morgan fingerprint density at radius 3 is 1.45 bits per heavy atom. The summed E-state index contributed by atoms with van der Waals surface area (Å²) < 4.78 is 13.7. The number of carbonyl (C=O) groups is 4. The maximum Gasteiger partial charge on any atom is 0.309 e. The number of aliphatic hydroxyl groups is 5. The zero-order valence-corrected chi connectivity index (χ0v) is 47.5. The number of carbonyl (C=O) groups excluding carboxylic acids is 4. The number of cyclic esters (lactones) is 2. The Morgan fingerprint density at radius 2 is 1.07 bits per heavy atom. The molecule has 0 unspecified atom stereocenters. The van der Waals surface area contributed by atoms with Crippen molar-refractivity contribution in [2.45, 2.75) is 182 Å². The Bertz CT molecular complexity index is 2520. The molecule has 4 heterocycles. The van der Waals surface area contributed by atoms with Crippen LogP contribution in [0, 0.1) is 34.5 Å². The summed E-state index contributed by atoms with van der Waals surface area (Å²) in [6.45, 7) is 22.2. The molecule has 2 aromatic carbocycles. The predicted molar refractivity (Wildman–Crippen MR) is 301 cm³/mol. The number of esters is 2. The molecular weight excluding hydrogens is 1000 g/mol. The van der Waals surface area contributed by atoms with E-state index in [1.165, 1.54) is 28.2 Å². The second-order valence-electron chi connectivity index (χ2n) is 22.2. The molecule has 0 aliphatic carbocycles. The number of Topliss-reactive ketones (excluding diaryl/α,β-unsaturated/α-hetero) is 2. The van der Waals surface area contributed by atoms with E-state index in [9.17, 15) is 44.7 Å². The Kier molecular flexibility index (Phi) is 23.0. The Balaban J connectivity index is 0.000000281. The third kappa shape index (κ3) is 16.2. The summed E-state index contributed by atoms with van der Waals surface area (Å²) in [5, 5.41) is 55.1. The van der Waals surface area contributed by atoms with Gasteiger partial charge in [0.25, 0.3) is 0 Å². The first-order valence-corrected chi connectivity index (χ1v) is 28.4. The van der Waals surface area contributed by atoms with Gasteiger partial charge >= 0.3 is 11.9 Å². The average molecular weight is 1090 g/mol. The monoisotopic (exact) mass is 1090 g/mol. The summed E-state index contributed by atoms with van der Waals surface area (Å²) in [6, 6.07) is 11.5. The lowest BCUT2D eigenvalue weighted by Gasteiger charge is -2.35. The lowest BCUT2D eigenvalue weighted by molar-refractivity contribution is -0.157. The molecule has 0 radical (unpaired) electrons. The number of fused-ring (bicyclic) bond motifs is 2. The quantitative estimate of drug-likeness (QED) is 0.0711. The van der Waals surface area contributed by atoms with E-state index in [4.69, 9.17) is 15.2 Å². The van der Waals surface area contributed by atoms with E-state index in [-0.39, 0.29) is 42.9 Å². The zero-order valence-electron chi connectivity index (χ0n) is 45.8. The summed E-state index contributed by atoms with van der Waals surface area (Å²) in [4.78, 5) is 62.3. The molecule has 416 valence electrons. The molecule has 0 amide bonds. The highest BCUT2D eigenvalue weighted by atomic mass is 32.1. The third-order valence-corrected chi connectivity index (χ3v) is 17.6. The van der Waals surface area contributed by atoms with E-state index in [1.54, 1.807) is 39.8 Å². The number of nitrogens with two attached hydrogens (primary N) is 1. The van der Waals surface area contributed by atoms with Crippen LogP contribution >= 0.6 is 22.7 Å². The summed E-state index contributed by atoms with van der Waals surface area (Å²) in [7, 11) is 0. The van der Waals surface area contributed by atoms with Gasteiger partial charge in [-0.1, -0.05) is 89.1 Å². The Hall–Kier alpha value is -4.78. The van der Waals surface area contributed by atoms with Crippen molar-refractivity contribution in [1.29, 1.82) is 0 Å². The molecule has 2 aliphatic heterocycles. The fourth-order valence-corrected chi connectivity index (χ4v) is 11.7. The van der Waals surface area contributed by atoms with Gasteiger partial charge < -0.3 is 40.7 Å². The fraction of sp³-hybridized carbons (Fsp3) is 0.567. The summed E-state index contributed by atoms with van der Waals surface area (Å²) >= 11 is 2.95. The fourth-order valence-electron chi connectivity index (χ4n) is 10.1. The van der Waals surface area contributed by atoms with Crippen LogP contribution in [0.2, 0.25) is 0 Å². The normalized spacial score (nSPS) is 28.1. The molecule has 0 fully saturated rings. The Morgan fingerprint density at radius 1 is 0.671 bits per heavy atom. The van der Waals surface area contributed by atoms with Crippen molar-refractivity contribution in [3.8, 4) is 0 Å². The number of hydrogen-bond donors (Lipinski definition) is 6. The van der Waals surface area contributed by atoms with E-state index in [1.807, 2.05) is 57.2 Å². The van der Waals surface area contributed by atoms with Crippen molar-refractivity contribution in [2.75, 3.05) is 0 Å². The number of ketones is 2. The van der Waals surface area contributed by atoms with Crippen LogP contribution in [0.1, 0.15) is 166 Å². The van der Waals surface area contributed by atoms with Crippen molar-refractivity contribution in [1.82, 2.24) is 9.97 Å². The molecule has 10 atom stereocenters. The molecule has 2 aliphatic rings. The van der Waals surface area contributed by atoms with Crippen LogP contribution in [0.3, 0.4) is 0 Å². The number of rotatable bonds is 8. The van der Waals surface area contributed by atoms with Gasteiger partial charge in [-0.05, 0) is 112 Å². The highest BCUT2D eigenvalue weighted by molar-refractivity contribution is 7.18. The van der Waals surface area contributed by atoms with Gasteiger partial charge in [0, 0.05) is 31.2 Å². The lowest BCUT2D eigenvalue weighted by Crippen LogP contribution is -2.46. The molecule has 16 heteroatoms. The molecule has 4 aromatic rings. The lowest BCUT2D eigenvalue weighted by atomic mass is 9.71. The van der Waals surface area contributed by atoms with Gasteiger partial charge in [-0.2, -0.15) is 0 Å². The zero-order chi connectivity index (χ0) is 56.1. The van der Waals surface area contributed by atoms with E-state index in [0.29, 0.717) is 37.2 Å². The molecular formula is C60H83N3O11S2. The SMILES string of the molecule is C=CC[C@H]1C(=O)C(C)(C)[C@@H](O)CC(=O)O[C@H](c2ccc3sc(CN)nc3c2)CC=C(C)CCC[C@H](C)[C@@H]1O.C=CC[C@H]1C(=O)C(C)(C)[C@@H](O)CC(=O)O[C@H](c2ccc3sc(CO)nc3c2)CC=C(C)CCC[C@H](C)[C@@H]1O. The minimum atomic E-state index is -1.28. The van der Waals surface area contributed by atoms with E-state index >= 15 is 0 Å². The number of aromatic nitrogens is 2. The molecule has 14 nitrogen and oxygen atoms in total. The van der Waals surface area contributed by atoms with Gasteiger partial charge in [0.15, 0.2) is 0 Å². The Labute approximate surface area is 457 Å². The number of benzene rings is 2. The van der Waals surface area contributed by atoms with E-state index in [2.05, 4.69) is 42.2 Å². The first-order chi connectivity index (χ1) is 35.9. The smallest absolute Gasteiger partial charge is 0.309 e. The highest BCUT2D eigenvalue weighted by Gasteiger charge is 2.45. The predicted octanol–water partition coefficient (Wildman–Crippen LogP) is 10.8. The minimum Gasteiger partial charge on any atom is -0.457 e. The van der Waals surface area contributed by atoms with Crippen LogP contribution in [0.5, 0.6) is 0 Å². The number of nitrogens with zero attached hydrogens (tertiary/aromatic N) is 2. The molecule has 0 bridgehead atoms. The maximum atomic E-state index is 13.6. The highest BCUT2D eigenvalue weighted by Crippen LogP contribution is 2.38. The molecule has 7 N–H and O–H groups in total. The largest absolute Gasteiger partial charge is 0.457 e. The van der Waals surface area contributed by atoms with Gasteiger partial charge in [0.2, 0.25) is 0 Å². The first-order valence-electron chi connectivity index (χ1n) is 26.8. The van der Waals surface area contributed by atoms with Crippen LogP contribution in [-0.4, -0.2) is 83.4 Å². The average Bonchev–Trinajstić information content (AvgIpc) is 4.01. The van der Waals surface area contributed by atoms with Crippen LogP contribution in [0.15, 0.2) is 85.0 Å². The van der Waals surface area contributed by atoms with Crippen LogP contribution in [-0.2, 0) is 41.8 Å². The van der Waals surface area contributed by atoms with Gasteiger partial charge in [-0.25, -0.2) is 9.97 Å². The van der Waals surface area contributed by atoms with Gasteiger partial charge in [-0.3, -0.25) is 19.2 Å². The number of thiazole rings is 2. The van der Waals surface area contributed by atoms with E-state index in [0.717, 1.165) is 80.7 Å². The second-order valence-corrected chi connectivity index (χ2v) is 24.4. The molecule has 76 heavy (non-hydrogen) atoms. The molecule has 6 rings (SSSR count). The van der Waals surface area contributed by atoms with Crippen molar-refractivity contribution in [3.05, 3.63) is 106 Å². The first kappa shape index (κ1) is 62.1. The van der Waals surface area contributed by atoms with Crippen LogP contribution < -0.4 is 5.73 Å². The minimum absolute atomic E-state index is 0.0986. The van der Waals surface area contributed by atoms with E-state index < -0.39 is 71.2 Å². The number of aliphatic hydroxyl groups excluding tert-OH is 5. The maximum absolute atomic E-state index is 13.6. The standard InChI is InChI=1S/C30H42N2O5S.C30H41NO6S/c1-6-8-21-28(35)19(3)10-7-9-18(2)11-13-23(37-27(34)16-25(33)30(4,5)29(21)36)20-12-14-24-22(15-20)32-26(17-31)38-24;1-6-8-21-28(35)19(3)10-7-9-18(2)11-13-23(37-27(34)16-25(33)30(4,5)29(21)36)20-12-14-24-22(15-20)31-26(17-32)38-24/h6,11-12,14-15,19,21,23,25,28,33,35H,1,7-10,13,16-17,31H2,2-5H3;6,11-12,14-15,19,21,23,25,28,32-33,35H,1,7-10,13,16-17H2,2-5H3/t2*19-,21+,23-,25-,28-/m00/s1. The van der Waals surface area contributed by atoms with Crippen molar-refractivity contribution in [2.24, 2.45) is 40.2 Å². The molecule has 0 spiro atoms. The van der Waals surface area contributed by atoms with Gasteiger partial charge in [0.1, 0.15) is 33.8 Å². The second kappa shape index (κ2) is 28.2. The number of ether oxygens (including phenoxy) is 2. The number of allylic oxidation sites excluding steroid dienone is 4. The van der Waals surface area contributed by atoms with Crippen molar-refractivity contribution >= 4 is 66.6 Å². The van der Waals surface area contributed by atoms with Gasteiger partial charge in [0.05, 0.1) is 75.1 Å². The summed E-state index contributed by atoms with van der Waals surface area (Å²) in [5.41, 5.74) is 8.69. The number of hydrogen-bond acceptors (Lipinski definition) is 16. The van der Waals surface area contributed by atoms with Crippen molar-refractivity contribution < 1.29 is 54.2 Å². The van der Waals surface area contributed by atoms with Crippen molar-refractivity contribution in [3.63, 3.8) is 0 Å². The topological polar surface area (TPSA) is 240 Å².